The maximum atomic E-state index is 12.9. The van der Waals surface area contributed by atoms with Gasteiger partial charge in [0.05, 0.1) is 6.10 Å². The minimum atomic E-state index is -0.660. The fourth-order valence-electron chi connectivity index (χ4n) is 1.72. The number of aliphatic hydroxyl groups excluding tert-OH is 1. The Hall–Kier alpha value is -1.68. The Labute approximate surface area is 93.0 Å². The largest absolute Gasteiger partial charge is 0.388 e. The summed E-state index contributed by atoms with van der Waals surface area (Å²) in [5.41, 5.74) is 1.48. The van der Waals surface area contributed by atoms with Crippen molar-refractivity contribution in [1.82, 2.24) is 9.97 Å². The molecule has 0 radical (unpaired) electrons. The fourth-order valence-corrected chi connectivity index (χ4v) is 1.72. The molecular formula is C12H13FN2O. The molecule has 0 spiro atoms. The highest BCUT2D eigenvalue weighted by atomic mass is 19.1. The van der Waals surface area contributed by atoms with Crippen LogP contribution in [0.15, 0.2) is 30.6 Å². The van der Waals surface area contributed by atoms with E-state index < -0.39 is 6.10 Å². The van der Waals surface area contributed by atoms with Gasteiger partial charge in [-0.05, 0) is 30.2 Å². The Balaban J connectivity index is 2.17. The van der Waals surface area contributed by atoms with E-state index in [-0.39, 0.29) is 5.82 Å². The summed E-state index contributed by atoms with van der Waals surface area (Å²) in [5, 5.41) is 9.98. The molecule has 0 saturated heterocycles. The van der Waals surface area contributed by atoms with E-state index in [1.54, 1.807) is 25.4 Å². The molecule has 2 aromatic rings. The first-order valence-electron chi connectivity index (χ1n) is 5.09. The molecule has 4 heteroatoms. The summed E-state index contributed by atoms with van der Waals surface area (Å²) in [7, 11) is 0. The van der Waals surface area contributed by atoms with E-state index in [4.69, 9.17) is 0 Å². The number of H-pyrrole nitrogens is 1. The third-order valence-corrected chi connectivity index (χ3v) is 2.53. The third-order valence-electron chi connectivity index (χ3n) is 2.53. The summed E-state index contributed by atoms with van der Waals surface area (Å²) in [6.45, 7) is 1.78. The summed E-state index contributed by atoms with van der Waals surface area (Å²) >= 11 is 0. The third kappa shape index (κ3) is 2.28. The number of aromatic amines is 1. The minimum absolute atomic E-state index is 0.286. The van der Waals surface area contributed by atoms with Crippen LogP contribution in [0.3, 0.4) is 0 Å². The number of nitrogens with one attached hydrogen (secondary N) is 1. The quantitative estimate of drug-likeness (QED) is 0.832. The zero-order chi connectivity index (χ0) is 11.5. The molecule has 0 amide bonds. The summed E-state index contributed by atoms with van der Waals surface area (Å²) in [6, 6.07) is 4.38. The van der Waals surface area contributed by atoms with E-state index in [0.29, 0.717) is 6.42 Å². The highest BCUT2D eigenvalue weighted by molar-refractivity contribution is 5.29. The van der Waals surface area contributed by atoms with Gasteiger partial charge in [0.1, 0.15) is 11.6 Å². The predicted molar refractivity (Wildman–Crippen MR) is 58.4 cm³/mol. The van der Waals surface area contributed by atoms with Gasteiger partial charge in [-0.25, -0.2) is 9.37 Å². The average Bonchev–Trinajstić information content (AvgIpc) is 2.70. The number of aryl methyl sites for hydroxylation is 1. The van der Waals surface area contributed by atoms with Gasteiger partial charge in [0.15, 0.2) is 0 Å². The smallest absolute Gasteiger partial charge is 0.123 e. The lowest BCUT2D eigenvalue weighted by atomic mass is 10.0. The number of benzene rings is 1. The maximum absolute atomic E-state index is 12.9. The lowest BCUT2D eigenvalue weighted by Gasteiger charge is -2.12. The zero-order valence-corrected chi connectivity index (χ0v) is 8.94. The van der Waals surface area contributed by atoms with Crippen molar-refractivity contribution in [3.63, 3.8) is 0 Å². The molecule has 0 fully saturated rings. The number of hydrogen-bond acceptors (Lipinski definition) is 2. The van der Waals surface area contributed by atoms with E-state index in [0.717, 1.165) is 17.0 Å². The number of aliphatic hydroxyl groups is 1. The monoisotopic (exact) mass is 220 g/mol. The van der Waals surface area contributed by atoms with Gasteiger partial charge in [-0.1, -0.05) is 6.07 Å². The lowest BCUT2D eigenvalue weighted by molar-refractivity contribution is 0.175. The van der Waals surface area contributed by atoms with Crippen molar-refractivity contribution in [3.05, 3.63) is 53.4 Å². The van der Waals surface area contributed by atoms with Crippen LogP contribution in [0.1, 0.15) is 23.1 Å². The second kappa shape index (κ2) is 4.45. The maximum Gasteiger partial charge on any atom is 0.123 e. The zero-order valence-electron chi connectivity index (χ0n) is 8.94. The second-order valence-corrected chi connectivity index (χ2v) is 3.76. The molecule has 0 aliphatic rings. The summed E-state index contributed by atoms with van der Waals surface area (Å²) in [5.74, 6) is 0.433. The van der Waals surface area contributed by atoms with Crippen LogP contribution >= 0.6 is 0 Å². The second-order valence-electron chi connectivity index (χ2n) is 3.76. The van der Waals surface area contributed by atoms with Gasteiger partial charge in [-0.15, -0.1) is 0 Å². The van der Waals surface area contributed by atoms with Crippen molar-refractivity contribution in [2.75, 3.05) is 0 Å². The van der Waals surface area contributed by atoms with Crippen LogP contribution in [0.5, 0.6) is 0 Å². The number of rotatable bonds is 3. The molecule has 3 nitrogen and oxygen atoms in total. The van der Waals surface area contributed by atoms with E-state index in [1.165, 1.54) is 12.1 Å². The number of nitrogens with zero attached hydrogens (tertiary/aromatic N) is 1. The summed E-state index contributed by atoms with van der Waals surface area (Å²) in [4.78, 5) is 6.96. The molecule has 1 unspecified atom stereocenters. The van der Waals surface area contributed by atoms with Gasteiger partial charge in [0, 0.05) is 18.8 Å². The van der Waals surface area contributed by atoms with Crippen molar-refractivity contribution >= 4 is 0 Å². The number of hydrogen-bond donors (Lipinski definition) is 2. The van der Waals surface area contributed by atoms with Crippen LogP contribution in [-0.2, 0) is 6.42 Å². The Bertz CT molecular complexity index is 468. The number of imidazole rings is 1. The average molecular weight is 220 g/mol. The predicted octanol–water partition coefficient (Wildman–Crippen LogP) is 2.13. The first-order chi connectivity index (χ1) is 7.66. The SMILES string of the molecule is Cc1cc(F)ccc1C(O)Cc1ncc[nH]1. The molecule has 1 atom stereocenters. The van der Waals surface area contributed by atoms with Crippen molar-refractivity contribution in [1.29, 1.82) is 0 Å². The molecular weight excluding hydrogens is 207 g/mol. The van der Waals surface area contributed by atoms with Crippen molar-refractivity contribution in [2.24, 2.45) is 0 Å². The first-order valence-corrected chi connectivity index (χ1v) is 5.09. The molecule has 16 heavy (non-hydrogen) atoms. The highest BCUT2D eigenvalue weighted by Crippen LogP contribution is 2.21. The molecule has 1 heterocycles. The van der Waals surface area contributed by atoms with Gasteiger partial charge in [0.25, 0.3) is 0 Å². The molecule has 0 aliphatic heterocycles. The van der Waals surface area contributed by atoms with Crippen molar-refractivity contribution < 1.29 is 9.50 Å². The van der Waals surface area contributed by atoms with Crippen LogP contribution in [0.25, 0.3) is 0 Å². The van der Waals surface area contributed by atoms with Gasteiger partial charge in [0.2, 0.25) is 0 Å². The Morgan fingerprint density at radius 2 is 2.31 bits per heavy atom. The van der Waals surface area contributed by atoms with Crippen LogP contribution in [0, 0.1) is 12.7 Å². The van der Waals surface area contributed by atoms with E-state index in [9.17, 15) is 9.50 Å². The van der Waals surface area contributed by atoms with Crippen molar-refractivity contribution in [2.45, 2.75) is 19.4 Å². The van der Waals surface area contributed by atoms with Crippen LogP contribution < -0.4 is 0 Å². The molecule has 0 bridgehead atoms. The highest BCUT2D eigenvalue weighted by Gasteiger charge is 2.12. The lowest BCUT2D eigenvalue weighted by Crippen LogP contribution is -2.05. The fraction of sp³-hybridized carbons (Fsp3) is 0.250. The number of halogens is 1. The van der Waals surface area contributed by atoms with Gasteiger partial charge in [-0.2, -0.15) is 0 Å². The minimum Gasteiger partial charge on any atom is -0.388 e. The van der Waals surface area contributed by atoms with Crippen LogP contribution in [0.2, 0.25) is 0 Å². The standard InChI is InChI=1S/C12H13FN2O/c1-8-6-9(13)2-3-10(8)11(16)7-12-14-4-5-15-12/h2-6,11,16H,7H2,1H3,(H,14,15). The topological polar surface area (TPSA) is 48.9 Å². The van der Waals surface area contributed by atoms with Gasteiger partial charge >= 0.3 is 0 Å². The number of aromatic nitrogens is 2. The normalized spacial score (nSPS) is 12.7. The molecule has 1 aromatic carbocycles. The van der Waals surface area contributed by atoms with Gasteiger partial charge < -0.3 is 10.1 Å². The summed E-state index contributed by atoms with van der Waals surface area (Å²) in [6.07, 6.45) is 3.09. The molecule has 0 aliphatic carbocycles. The Kier molecular flexibility index (Phi) is 3.01. The van der Waals surface area contributed by atoms with Crippen LogP contribution in [-0.4, -0.2) is 15.1 Å². The summed E-state index contributed by atoms with van der Waals surface area (Å²) < 4.78 is 12.9. The molecule has 1 aromatic heterocycles. The van der Waals surface area contributed by atoms with E-state index in [2.05, 4.69) is 9.97 Å². The molecule has 2 N–H and O–H groups in total. The van der Waals surface area contributed by atoms with E-state index in [1.807, 2.05) is 0 Å². The van der Waals surface area contributed by atoms with Gasteiger partial charge in [-0.3, -0.25) is 0 Å². The molecule has 0 saturated carbocycles. The van der Waals surface area contributed by atoms with Crippen molar-refractivity contribution in [3.8, 4) is 0 Å². The molecule has 84 valence electrons. The molecule has 2 rings (SSSR count). The van der Waals surface area contributed by atoms with E-state index >= 15 is 0 Å². The Morgan fingerprint density at radius 1 is 1.50 bits per heavy atom. The Morgan fingerprint density at radius 3 is 2.94 bits per heavy atom. The van der Waals surface area contributed by atoms with Crippen LogP contribution in [0.4, 0.5) is 4.39 Å². The first kappa shape index (κ1) is 10.8.